The number of hydrogen-bond acceptors (Lipinski definition) is 5. The van der Waals surface area contributed by atoms with Crippen LogP contribution >= 0.6 is 0 Å². The van der Waals surface area contributed by atoms with E-state index in [1.807, 2.05) is 0 Å². The zero-order valence-corrected chi connectivity index (χ0v) is 38.6. The van der Waals surface area contributed by atoms with Gasteiger partial charge < -0.3 is 20.3 Å². The molecule has 1 amide bonds. The number of nitrogens with one attached hydrogen (secondary N) is 1. The first kappa shape index (κ1) is 55.9. The number of hydrogen-bond donors (Lipinski definition) is 3. The molecule has 340 valence electrons. The van der Waals surface area contributed by atoms with Crippen molar-refractivity contribution < 1.29 is 24.5 Å². The van der Waals surface area contributed by atoms with E-state index in [0.29, 0.717) is 25.9 Å². The van der Waals surface area contributed by atoms with Crippen LogP contribution in [0.1, 0.15) is 290 Å². The maximum Gasteiger partial charge on any atom is 0.305 e. The fourth-order valence-electron chi connectivity index (χ4n) is 8.17. The maximum atomic E-state index is 12.4. The SMILES string of the molecule is CCCCCCCCCCCCCCCCC(O)C(CO)NC(=O)CCCCCCCCCCCCCCCOC(=O)CCCCCCCCCCCCCCC. The number of esters is 1. The van der Waals surface area contributed by atoms with Gasteiger partial charge in [0.1, 0.15) is 0 Å². The van der Waals surface area contributed by atoms with Crippen LogP contribution in [0, 0.1) is 0 Å². The summed E-state index contributed by atoms with van der Waals surface area (Å²) in [6.45, 7) is 4.94. The van der Waals surface area contributed by atoms with E-state index in [0.717, 1.165) is 51.4 Å². The molecule has 6 nitrogen and oxygen atoms in total. The molecule has 0 heterocycles. The summed E-state index contributed by atoms with van der Waals surface area (Å²) in [6, 6.07) is -0.548. The summed E-state index contributed by atoms with van der Waals surface area (Å²) < 4.78 is 5.46. The Morgan fingerprint density at radius 1 is 0.421 bits per heavy atom. The van der Waals surface area contributed by atoms with Crippen molar-refractivity contribution in [2.75, 3.05) is 13.2 Å². The van der Waals surface area contributed by atoms with Gasteiger partial charge in [0.25, 0.3) is 0 Å². The highest BCUT2D eigenvalue weighted by molar-refractivity contribution is 5.76. The van der Waals surface area contributed by atoms with Gasteiger partial charge in [-0.3, -0.25) is 9.59 Å². The van der Waals surface area contributed by atoms with Crippen LogP contribution in [-0.4, -0.2) is 47.4 Å². The van der Waals surface area contributed by atoms with E-state index in [9.17, 15) is 19.8 Å². The molecule has 0 bridgehead atoms. The van der Waals surface area contributed by atoms with E-state index < -0.39 is 12.1 Å². The third-order valence-corrected chi connectivity index (χ3v) is 12.2. The molecule has 2 atom stereocenters. The standard InChI is InChI=1S/C51H101NO5/c1-3-5-7-9-11-13-15-17-20-23-27-31-35-39-43-49(54)48(47-53)52-50(55)44-40-36-32-28-24-21-18-22-26-30-34-38-42-46-57-51(56)45-41-37-33-29-25-19-16-14-12-10-8-6-4-2/h48-49,53-54H,3-47H2,1-2H3,(H,52,55). The molecule has 0 aromatic carbocycles. The van der Waals surface area contributed by atoms with Crippen LogP contribution in [0.25, 0.3) is 0 Å². The van der Waals surface area contributed by atoms with E-state index in [1.165, 1.54) is 205 Å². The maximum absolute atomic E-state index is 12.4. The Labute approximate surface area is 356 Å². The average Bonchev–Trinajstić information content (AvgIpc) is 3.21. The summed E-state index contributed by atoms with van der Waals surface area (Å²) in [7, 11) is 0. The topological polar surface area (TPSA) is 95.9 Å². The lowest BCUT2D eigenvalue weighted by molar-refractivity contribution is -0.143. The van der Waals surface area contributed by atoms with Gasteiger partial charge in [0.2, 0.25) is 5.91 Å². The minimum atomic E-state index is -0.670. The molecule has 3 N–H and O–H groups in total. The number of ether oxygens (including phenoxy) is 1. The van der Waals surface area contributed by atoms with Crippen molar-refractivity contribution in [1.82, 2.24) is 5.32 Å². The minimum Gasteiger partial charge on any atom is -0.466 e. The van der Waals surface area contributed by atoms with Crippen LogP contribution in [0.4, 0.5) is 0 Å². The van der Waals surface area contributed by atoms with Crippen LogP contribution in [0.15, 0.2) is 0 Å². The molecule has 0 aliphatic rings. The normalized spacial score (nSPS) is 12.6. The smallest absolute Gasteiger partial charge is 0.305 e. The lowest BCUT2D eigenvalue weighted by Crippen LogP contribution is -2.45. The molecule has 0 aromatic heterocycles. The average molecular weight is 808 g/mol. The molecule has 0 radical (unpaired) electrons. The second kappa shape index (κ2) is 47.5. The van der Waals surface area contributed by atoms with Crippen molar-refractivity contribution in [3.05, 3.63) is 0 Å². The summed E-state index contributed by atoms with van der Waals surface area (Å²) in [4.78, 5) is 24.4. The Hall–Kier alpha value is -1.14. The van der Waals surface area contributed by atoms with Gasteiger partial charge in [-0.05, 0) is 25.7 Å². The lowest BCUT2D eigenvalue weighted by atomic mass is 10.0. The number of aliphatic hydroxyl groups is 2. The molecular weight excluding hydrogens is 707 g/mol. The van der Waals surface area contributed by atoms with E-state index in [2.05, 4.69) is 19.2 Å². The van der Waals surface area contributed by atoms with Gasteiger partial charge in [-0.15, -0.1) is 0 Å². The molecule has 6 heteroatoms. The van der Waals surface area contributed by atoms with E-state index in [-0.39, 0.29) is 18.5 Å². The second-order valence-corrected chi connectivity index (χ2v) is 17.9. The lowest BCUT2D eigenvalue weighted by Gasteiger charge is -2.22. The highest BCUT2D eigenvalue weighted by Crippen LogP contribution is 2.17. The first-order valence-corrected chi connectivity index (χ1v) is 25.8. The Morgan fingerprint density at radius 2 is 0.719 bits per heavy atom. The van der Waals surface area contributed by atoms with Gasteiger partial charge in [-0.2, -0.15) is 0 Å². The van der Waals surface area contributed by atoms with Crippen LogP contribution in [0.3, 0.4) is 0 Å². The van der Waals surface area contributed by atoms with Crippen molar-refractivity contribution >= 4 is 11.9 Å². The Balaban J connectivity index is 3.44. The predicted octanol–water partition coefficient (Wildman–Crippen LogP) is 15.2. The summed E-state index contributed by atoms with van der Waals surface area (Å²) in [6.07, 6.45) is 52.1. The summed E-state index contributed by atoms with van der Waals surface area (Å²) >= 11 is 0. The molecule has 0 saturated heterocycles. The molecule has 2 unspecified atom stereocenters. The van der Waals surface area contributed by atoms with Gasteiger partial charge in [-0.25, -0.2) is 0 Å². The molecule has 57 heavy (non-hydrogen) atoms. The molecule has 0 fully saturated rings. The van der Waals surface area contributed by atoms with E-state index in [1.54, 1.807) is 0 Å². The molecule has 0 aromatic rings. The fourth-order valence-corrected chi connectivity index (χ4v) is 8.17. The molecule has 0 saturated carbocycles. The minimum absolute atomic E-state index is 0.00334. The van der Waals surface area contributed by atoms with Crippen LogP contribution in [0.2, 0.25) is 0 Å². The molecule has 0 aliphatic heterocycles. The molecule has 0 rings (SSSR count). The largest absolute Gasteiger partial charge is 0.466 e. The number of rotatable bonds is 48. The fraction of sp³-hybridized carbons (Fsp3) is 0.961. The highest BCUT2D eigenvalue weighted by Gasteiger charge is 2.20. The zero-order valence-electron chi connectivity index (χ0n) is 38.6. The predicted molar refractivity (Wildman–Crippen MR) is 246 cm³/mol. The first-order chi connectivity index (χ1) is 28.0. The van der Waals surface area contributed by atoms with Crippen LogP contribution in [-0.2, 0) is 14.3 Å². The van der Waals surface area contributed by atoms with Crippen molar-refractivity contribution in [1.29, 1.82) is 0 Å². The van der Waals surface area contributed by atoms with Gasteiger partial charge in [0, 0.05) is 12.8 Å². The van der Waals surface area contributed by atoms with Gasteiger partial charge in [-0.1, -0.05) is 251 Å². The number of aliphatic hydroxyl groups excluding tert-OH is 2. The number of carbonyl (C=O) groups excluding carboxylic acids is 2. The monoisotopic (exact) mass is 808 g/mol. The number of unbranched alkanes of at least 4 members (excludes halogenated alkanes) is 37. The molecule has 0 aliphatic carbocycles. The number of amides is 1. The zero-order chi connectivity index (χ0) is 41.5. The Kier molecular flexibility index (Phi) is 46.6. The third kappa shape index (κ3) is 44.2. The summed E-state index contributed by atoms with van der Waals surface area (Å²) in [5.74, 6) is -0.0494. The highest BCUT2D eigenvalue weighted by atomic mass is 16.5. The Bertz CT molecular complexity index is 806. The number of carbonyl (C=O) groups is 2. The van der Waals surface area contributed by atoms with Crippen LogP contribution < -0.4 is 5.32 Å². The van der Waals surface area contributed by atoms with E-state index >= 15 is 0 Å². The van der Waals surface area contributed by atoms with E-state index in [4.69, 9.17) is 4.74 Å². The second-order valence-electron chi connectivity index (χ2n) is 17.9. The summed E-state index contributed by atoms with van der Waals surface area (Å²) in [5, 5.41) is 23.2. The van der Waals surface area contributed by atoms with Crippen molar-refractivity contribution in [3.8, 4) is 0 Å². The quantitative estimate of drug-likeness (QED) is 0.0420. The van der Waals surface area contributed by atoms with Gasteiger partial charge >= 0.3 is 5.97 Å². The Morgan fingerprint density at radius 3 is 1.07 bits per heavy atom. The van der Waals surface area contributed by atoms with Crippen molar-refractivity contribution in [2.45, 2.75) is 302 Å². The first-order valence-electron chi connectivity index (χ1n) is 25.8. The van der Waals surface area contributed by atoms with Gasteiger partial charge in [0.05, 0.1) is 25.4 Å². The van der Waals surface area contributed by atoms with Crippen molar-refractivity contribution in [2.24, 2.45) is 0 Å². The molecule has 0 spiro atoms. The van der Waals surface area contributed by atoms with Gasteiger partial charge in [0.15, 0.2) is 0 Å². The molecular formula is C51H101NO5. The van der Waals surface area contributed by atoms with Crippen molar-refractivity contribution in [3.63, 3.8) is 0 Å². The summed E-state index contributed by atoms with van der Waals surface area (Å²) in [5.41, 5.74) is 0. The third-order valence-electron chi connectivity index (χ3n) is 12.2. The van der Waals surface area contributed by atoms with Crippen LogP contribution in [0.5, 0.6) is 0 Å².